The first-order valence-electron chi connectivity index (χ1n) is 4.89. The molecule has 0 aromatic heterocycles. The molecule has 0 fully saturated rings. The maximum Gasteiger partial charge on any atom is 0.139 e. The number of nitrogen functional groups attached to an aromatic ring is 1. The molecule has 0 atom stereocenters. The Kier molecular flexibility index (Phi) is 4.50. The normalized spacial score (nSPS) is 11.6. The summed E-state index contributed by atoms with van der Waals surface area (Å²) in [4.78, 5) is 0. The minimum Gasteiger partial charge on any atom is -0.397 e. The second-order valence-electron chi connectivity index (χ2n) is 4.17. The zero-order valence-corrected chi connectivity index (χ0v) is 12.0. The molecule has 0 saturated carbocycles. The van der Waals surface area contributed by atoms with Crippen LogP contribution in [0.2, 0.25) is 0 Å². The van der Waals surface area contributed by atoms with Gasteiger partial charge in [-0.1, -0.05) is 0 Å². The van der Waals surface area contributed by atoms with Crippen molar-refractivity contribution in [3.05, 3.63) is 22.4 Å². The summed E-state index contributed by atoms with van der Waals surface area (Å²) >= 11 is 4.91. The van der Waals surface area contributed by atoms with Gasteiger partial charge in [-0.15, -0.1) is 0 Å². The van der Waals surface area contributed by atoms with Gasteiger partial charge in [-0.2, -0.15) is 11.8 Å². The van der Waals surface area contributed by atoms with Gasteiger partial charge in [-0.25, -0.2) is 4.39 Å². The van der Waals surface area contributed by atoms with Crippen molar-refractivity contribution in [1.29, 1.82) is 0 Å². The van der Waals surface area contributed by atoms with Crippen molar-refractivity contribution in [3.8, 4) is 0 Å². The Bertz CT molecular complexity index is 382. The van der Waals surface area contributed by atoms with E-state index in [1.807, 2.05) is 0 Å². The molecule has 16 heavy (non-hydrogen) atoms. The van der Waals surface area contributed by atoms with Crippen molar-refractivity contribution < 1.29 is 4.39 Å². The number of hydrogen-bond donors (Lipinski definition) is 2. The first-order chi connectivity index (χ1) is 7.35. The van der Waals surface area contributed by atoms with Crippen LogP contribution in [0.4, 0.5) is 15.8 Å². The highest BCUT2D eigenvalue weighted by Crippen LogP contribution is 2.28. The van der Waals surface area contributed by atoms with E-state index in [2.05, 4.69) is 41.3 Å². The summed E-state index contributed by atoms with van der Waals surface area (Å²) in [6.45, 7) is 5.05. The fourth-order valence-corrected chi connectivity index (χ4v) is 1.66. The Hall–Kier alpha value is -0.420. The van der Waals surface area contributed by atoms with Crippen molar-refractivity contribution in [2.24, 2.45) is 0 Å². The highest BCUT2D eigenvalue weighted by Gasteiger charge is 2.16. The fraction of sp³-hybridized carbons (Fsp3) is 0.455. The van der Waals surface area contributed by atoms with Crippen LogP contribution in [-0.2, 0) is 0 Å². The van der Waals surface area contributed by atoms with E-state index in [-0.39, 0.29) is 10.6 Å². The lowest BCUT2D eigenvalue weighted by atomic mass is 10.2. The summed E-state index contributed by atoms with van der Waals surface area (Å²) in [5.41, 5.74) is 6.92. The van der Waals surface area contributed by atoms with E-state index in [1.54, 1.807) is 17.8 Å². The lowest BCUT2D eigenvalue weighted by molar-refractivity contribution is 0.622. The minimum absolute atomic E-state index is 0.118. The summed E-state index contributed by atoms with van der Waals surface area (Å²) in [6, 6.07) is 2.99. The molecule has 5 heteroatoms. The molecule has 2 nitrogen and oxygen atoms in total. The molecule has 0 amide bonds. The molecular weight excluding hydrogens is 291 g/mol. The molecule has 0 aliphatic carbocycles. The van der Waals surface area contributed by atoms with E-state index in [4.69, 9.17) is 5.73 Å². The van der Waals surface area contributed by atoms with Crippen LogP contribution >= 0.6 is 27.7 Å². The molecule has 0 heterocycles. The predicted octanol–water partition coefficient (Wildman–Crippen LogP) is 3.72. The maximum absolute atomic E-state index is 13.1. The van der Waals surface area contributed by atoms with Crippen molar-refractivity contribution in [2.75, 3.05) is 23.9 Å². The lowest BCUT2D eigenvalue weighted by Crippen LogP contribution is -2.26. The van der Waals surface area contributed by atoms with E-state index < -0.39 is 0 Å². The minimum atomic E-state index is -0.341. The molecule has 0 aliphatic heterocycles. The largest absolute Gasteiger partial charge is 0.397 e. The van der Waals surface area contributed by atoms with Gasteiger partial charge in [0.05, 0.1) is 15.8 Å². The van der Waals surface area contributed by atoms with Crippen LogP contribution in [0.25, 0.3) is 0 Å². The molecule has 1 aromatic carbocycles. The molecular formula is C11H16BrFN2S. The molecule has 0 aliphatic rings. The molecule has 0 unspecified atom stereocenters. The van der Waals surface area contributed by atoms with Crippen LogP contribution in [0.15, 0.2) is 16.6 Å². The van der Waals surface area contributed by atoms with Gasteiger partial charge < -0.3 is 11.1 Å². The van der Waals surface area contributed by atoms with Crippen LogP contribution < -0.4 is 11.1 Å². The molecule has 1 rings (SSSR count). The molecule has 1 aromatic rings. The van der Waals surface area contributed by atoms with E-state index in [1.165, 1.54) is 6.07 Å². The number of anilines is 2. The first kappa shape index (κ1) is 13.6. The first-order valence-corrected chi connectivity index (χ1v) is 6.91. The van der Waals surface area contributed by atoms with Crippen LogP contribution in [0.1, 0.15) is 13.8 Å². The third kappa shape index (κ3) is 3.56. The number of nitrogens with one attached hydrogen (secondary N) is 1. The number of benzene rings is 1. The molecule has 0 bridgehead atoms. The molecule has 3 N–H and O–H groups in total. The van der Waals surface area contributed by atoms with Crippen molar-refractivity contribution in [1.82, 2.24) is 0 Å². The summed E-state index contributed by atoms with van der Waals surface area (Å²) in [5.74, 6) is -0.341. The summed E-state index contributed by atoms with van der Waals surface area (Å²) in [5, 5.41) is 3.23. The van der Waals surface area contributed by atoms with Gasteiger partial charge in [-0.05, 0) is 42.1 Å². The fourth-order valence-electron chi connectivity index (χ4n) is 1.10. The highest BCUT2D eigenvalue weighted by atomic mass is 79.9. The molecule has 90 valence electrons. The number of nitrogens with two attached hydrogens (primary N) is 1. The summed E-state index contributed by atoms with van der Waals surface area (Å²) in [6.07, 6.45) is 2.06. The van der Waals surface area contributed by atoms with Gasteiger partial charge in [0.1, 0.15) is 5.82 Å². The van der Waals surface area contributed by atoms with Crippen LogP contribution in [0, 0.1) is 5.82 Å². The van der Waals surface area contributed by atoms with Crippen molar-refractivity contribution >= 4 is 39.1 Å². The van der Waals surface area contributed by atoms with E-state index in [0.29, 0.717) is 10.2 Å². The van der Waals surface area contributed by atoms with Gasteiger partial charge in [-0.3, -0.25) is 0 Å². The number of hydrogen-bond acceptors (Lipinski definition) is 3. The highest BCUT2D eigenvalue weighted by molar-refractivity contribution is 9.10. The van der Waals surface area contributed by atoms with Gasteiger partial charge in [0.25, 0.3) is 0 Å². The zero-order chi connectivity index (χ0) is 12.3. The average molecular weight is 307 g/mol. The average Bonchev–Trinajstić information content (AvgIpc) is 2.22. The van der Waals surface area contributed by atoms with Crippen LogP contribution in [0.3, 0.4) is 0 Å². The van der Waals surface area contributed by atoms with Crippen molar-refractivity contribution in [2.45, 2.75) is 18.6 Å². The predicted molar refractivity (Wildman–Crippen MR) is 74.6 cm³/mol. The number of halogens is 2. The Labute approximate surface area is 108 Å². The monoisotopic (exact) mass is 306 g/mol. The Morgan fingerprint density at radius 1 is 1.50 bits per heavy atom. The SMILES string of the molecule is CSC(C)(C)CNc1cc(Br)c(F)cc1N. The Morgan fingerprint density at radius 2 is 2.12 bits per heavy atom. The molecule has 0 radical (unpaired) electrons. The topological polar surface area (TPSA) is 38.0 Å². The smallest absolute Gasteiger partial charge is 0.139 e. The van der Waals surface area contributed by atoms with E-state index >= 15 is 0 Å². The van der Waals surface area contributed by atoms with Crippen LogP contribution in [0.5, 0.6) is 0 Å². The Balaban J connectivity index is 2.79. The van der Waals surface area contributed by atoms with Gasteiger partial charge in [0, 0.05) is 17.4 Å². The van der Waals surface area contributed by atoms with E-state index in [9.17, 15) is 4.39 Å². The second-order valence-corrected chi connectivity index (χ2v) is 6.54. The maximum atomic E-state index is 13.1. The third-order valence-corrected chi connectivity index (χ3v) is 4.21. The lowest BCUT2D eigenvalue weighted by Gasteiger charge is -2.23. The quantitative estimate of drug-likeness (QED) is 0.833. The summed E-state index contributed by atoms with van der Waals surface area (Å²) < 4.78 is 13.7. The van der Waals surface area contributed by atoms with E-state index in [0.717, 1.165) is 12.2 Å². The second kappa shape index (κ2) is 5.27. The van der Waals surface area contributed by atoms with Crippen molar-refractivity contribution in [3.63, 3.8) is 0 Å². The molecule has 0 saturated heterocycles. The third-order valence-electron chi connectivity index (χ3n) is 2.35. The Morgan fingerprint density at radius 3 is 2.69 bits per heavy atom. The molecule has 0 spiro atoms. The zero-order valence-electron chi connectivity index (χ0n) is 9.60. The number of rotatable bonds is 4. The number of thioether (sulfide) groups is 1. The van der Waals surface area contributed by atoms with Gasteiger partial charge >= 0.3 is 0 Å². The van der Waals surface area contributed by atoms with Gasteiger partial charge in [0.2, 0.25) is 0 Å². The van der Waals surface area contributed by atoms with Crippen LogP contribution in [-0.4, -0.2) is 17.5 Å². The standard InChI is InChI=1S/C11H16BrFN2S/c1-11(2,16-3)6-15-10-4-7(12)8(13)5-9(10)14/h4-5,15H,6,14H2,1-3H3. The summed E-state index contributed by atoms with van der Waals surface area (Å²) in [7, 11) is 0. The van der Waals surface area contributed by atoms with Gasteiger partial charge in [0.15, 0.2) is 0 Å².